The predicted molar refractivity (Wildman–Crippen MR) is 65.3 cm³/mol. The van der Waals surface area contributed by atoms with Gasteiger partial charge in [0.05, 0.1) is 5.69 Å². The van der Waals surface area contributed by atoms with Crippen molar-refractivity contribution in [3.63, 3.8) is 0 Å². The van der Waals surface area contributed by atoms with Crippen molar-refractivity contribution in [3.8, 4) is 6.07 Å². The van der Waals surface area contributed by atoms with Crippen LogP contribution >= 0.6 is 11.5 Å². The number of hydrogen-bond donors (Lipinski definition) is 1. The standard InChI is InChI=1S/C12H9F2N3S/c1-7-9(5-15)12(18-17-7)16-6-8-2-3-10(13)11(14)4-8/h2-4,16H,6H2,1H3. The smallest absolute Gasteiger partial charge is 0.159 e. The Morgan fingerprint density at radius 3 is 2.83 bits per heavy atom. The largest absolute Gasteiger partial charge is 0.370 e. The Bertz CT molecular complexity index is 616. The summed E-state index contributed by atoms with van der Waals surface area (Å²) in [6.07, 6.45) is 0. The molecule has 0 fully saturated rings. The topological polar surface area (TPSA) is 48.7 Å². The van der Waals surface area contributed by atoms with Crippen LogP contribution in [0.3, 0.4) is 0 Å². The van der Waals surface area contributed by atoms with Crippen LogP contribution in [0.2, 0.25) is 0 Å². The van der Waals surface area contributed by atoms with Crippen LogP contribution in [0.1, 0.15) is 16.8 Å². The molecule has 18 heavy (non-hydrogen) atoms. The van der Waals surface area contributed by atoms with Crippen molar-refractivity contribution in [2.24, 2.45) is 0 Å². The summed E-state index contributed by atoms with van der Waals surface area (Å²) >= 11 is 1.18. The molecule has 0 unspecified atom stereocenters. The van der Waals surface area contributed by atoms with E-state index in [1.165, 1.54) is 17.6 Å². The van der Waals surface area contributed by atoms with Gasteiger partial charge in [0.2, 0.25) is 0 Å². The SMILES string of the molecule is Cc1nsc(NCc2ccc(F)c(F)c2)c1C#N. The zero-order valence-corrected chi connectivity index (χ0v) is 10.3. The number of anilines is 1. The van der Waals surface area contributed by atoms with Gasteiger partial charge in [-0.1, -0.05) is 6.07 Å². The minimum Gasteiger partial charge on any atom is -0.370 e. The molecule has 92 valence electrons. The predicted octanol–water partition coefficient (Wildman–Crippen LogP) is 3.21. The molecule has 1 N–H and O–H groups in total. The minimum atomic E-state index is -0.879. The zero-order chi connectivity index (χ0) is 13.1. The Hall–Kier alpha value is -2.00. The molecular formula is C12H9F2N3S. The van der Waals surface area contributed by atoms with Crippen LogP contribution in [0, 0.1) is 29.9 Å². The van der Waals surface area contributed by atoms with Gasteiger partial charge in [-0.05, 0) is 36.2 Å². The van der Waals surface area contributed by atoms with E-state index in [0.717, 1.165) is 12.1 Å². The molecule has 0 saturated heterocycles. The summed E-state index contributed by atoms with van der Waals surface area (Å²) in [5.41, 5.74) is 1.75. The summed E-state index contributed by atoms with van der Waals surface area (Å²) in [7, 11) is 0. The van der Waals surface area contributed by atoms with Crippen LogP contribution in [-0.4, -0.2) is 4.37 Å². The van der Waals surface area contributed by atoms with Gasteiger partial charge in [0, 0.05) is 6.54 Å². The van der Waals surface area contributed by atoms with E-state index in [9.17, 15) is 8.78 Å². The molecule has 3 nitrogen and oxygen atoms in total. The second kappa shape index (κ2) is 5.10. The van der Waals surface area contributed by atoms with Crippen LogP contribution in [-0.2, 0) is 6.54 Å². The van der Waals surface area contributed by atoms with E-state index in [4.69, 9.17) is 5.26 Å². The Morgan fingerprint density at radius 2 is 2.17 bits per heavy atom. The second-order valence-electron chi connectivity index (χ2n) is 3.69. The Kier molecular flexibility index (Phi) is 3.53. The fraction of sp³-hybridized carbons (Fsp3) is 0.167. The summed E-state index contributed by atoms with van der Waals surface area (Å²) in [5, 5.41) is 12.6. The number of nitrogens with zero attached hydrogens (tertiary/aromatic N) is 2. The molecule has 0 bridgehead atoms. The molecule has 0 amide bonds. The summed E-state index contributed by atoms with van der Waals surface area (Å²) in [4.78, 5) is 0. The number of rotatable bonds is 3. The van der Waals surface area contributed by atoms with Crippen molar-refractivity contribution < 1.29 is 8.78 Å². The Balaban J connectivity index is 2.12. The van der Waals surface area contributed by atoms with Crippen molar-refractivity contribution in [2.75, 3.05) is 5.32 Å². The molecule has 6 heteroatoms. The molecule has 0 aliphatic rings. The van der Waals surface area contributed by atoms with E-state index in [1.54, 1.807) is 6.92 Å². The fourth-order valence-electron chi connectivity index (χ4n) is 1.45. The molecular weight excluding hydrogens is 256 g/mol. The first-order valence-corrected chi connectivity index (χ1v) is 5.93. The lowest BCUT2D eigenvalue weighted by Crippen LogP contribution is -2.00. The van der Waals surface area contributed by atoms with Crippen molar-refractivity contribution >= 4 is 16.5 Å². The highest BCUT2D eigenvalue weighted by atomic mass is 32.1. The Labute approximate surface area is 107 Å². The van der Waals surface area contributed by atoms with Crippen LogP contribution in [0.4, 0.5) is 13.8 Å². The first-order valence-electron chi connectivity index (χ1n) is 5.16. The van der Waals surface area contributed by atoms with Crippen LogP contribution in [0.25, 0.3) is 0 Å². The number of nitriles is 1. The number of aryl methyl sites for hydroxylation is 1. The second-order valence-corrected chi connectivity index (χ2v) is 4.46. The highest BCUT2D eigenvalue weighted by Gasteiger charge is 2.10. The van der Waals surface area contributed by atoms with Crippen LogP contribution < -0.4 is 5.32 Å². The van der Waals surface area contributed by atoms with E-state index in [-0.39, 0.29) is 0 Å². The van der Waals surface area contributed by atoms with E-state index in [2.05, 4.69) is 15.8 Å². The third kappa shape index (κ3) is 2.46. The fourth-order valence-corrected chi connectivity index (χ4v) is 2.19. The van der Waals surface area contributed by atoms with Gasteiger partial charge >= 0.3 is 0 Å². The molecule has 1 heterocycles. The molecule has 0 aliphatic carbocycles. The third-order valence-electron chi connectivity index (χ3n) is 2.41. The van der Waals surface area contributed by atoms with E-state index in [0.29, 0.717) is 28.4 Å². The van der Waals surface area contributed by atoms with Crippen molar-refractivity contribution in [3.05, 3.63) is 46.7 Å². The van der Waals surface area contributed by atoms with Gasteiger partial charge in [-0.15, -0.1) is 0 Å². The maximum absolute atomic E-state index is 13.0. The molecule has 1 aromatic carbocycles. The highest BCUT2D eigenvalue weighted by Crippen LogP contribution is 2.24. The number of benzene rings is 1. The van der Waals surface area contributed by atoms with Gasteiger partial charge in [0.15, 0.2) is 11.6 Å². The van der Waals surface area contributed by atoms with E-state index in [1.807, 2.05) is 0 Å². The lowest BCUT2D eigenvalue weighted by atomic mass is 10.2. The molecule has 2 aromatic rings. The molecule has 0 saturated carbocycles. The summed E-state index contributed by atoms with van der Waals surface area (Å²) in [5.74, 6) is -1.75. The van der Waals surface area contributed by atoms with Crippen molar-refractivity contribution in [1.82, 2.24) is 4.37 Å². The van der Waals surface area contributed by atoms with Crippen LogP contribution in [0.15, 0.2) is 18.2 Å². The zero-order valence-electron chi connectivity index (χ0n) is 9.50. The first kappa shape index (κ1) is 12.5. The minimum absolute atomic E-state index is 0.313. The maximum Gasteiger partial charge on any atom is 0.159 e. The number of hydrogen-bond acceptors (Lipinski definition) is 4. The highest BCUT2D eigenvalue weighted by molar-refractivity contribution is 7.10. The molecule has 2 rings (SSSR count). The summed E-state index contributed by atoms with van der Waals surface area (Å²) < 4.78 is 29.8. The van der Waals surface area contributed by atoms with Crippen molar-refractivity contribution in [2.45, 2.75) is 13.5 Å². The molecule has 0 atom stereocenters. The van der Waals surface area contributed by atoms with Gasteiger partial charge < -0.3 is 5.32 Å². The summed E-state index contributed by atoms with van der Waals surface area (Å²) in [6.45, 7) is 2.06. The number of aromatic nitrogens is 1. The average Bonchev–Trinajstić information content (AvgIpc) is 2.71. The lowest BCUT2D eigenvalue weighted by Gasteiger charge is -2.04. The summed E-state index contributed by atoms with van der Waals surface area (Å²) in [6, 6.07) is 5.75. The third-order valence-corrected chi connectivity index (χ3v) is 3.31. The quantitative estimate of drug-likeness (QED) is 0.927. The first-order chi connectivity index (χ1) is 8.61. The van der Waals surface area contributed by atoms with Gasteiger partial charge in [-0.3, -0.25) is 0 Å². The molecule has 0 aliphatic heterocycles. The molecule has 1 aromatic heterocycles. The lowest BCUT2D eigenvalue weighted by molar-refractivity contribution is 0.507. The van der Waals surface area contributed by atoms with Gasteiger partial charge in [-0.25, -0.2) is 8.78 Å². The van der Waals surface area contributed by atoms with Crippen LogP contribution in [0.5, 0.6) is 0 Å². The normalized spacial score (nSPS) is 10.1. The monoisotopic (exact) mass is 265 g/mol. The number of nitrogens with one attached hydrogen (secondary N) is 1. The van der Waals surface area contributed by atoms with Gasteiger partial charge in [0.1, 0.15) is 16.6 Å². The van der Waals surface area contributed by atoms with E-state index >= 15 is 0 Å². The van der Waals surface area contributed by atoms with Crippen molar-refractivity contribution in [1.29, 1.82) is 5.26 Å². The maximum atomic E-state index is 13.0. The molecule has 0 spiro atoms. The van der Waals surface area contributed by atoms with Gasteiger partial charge in [-0.2, -0.15) is 9.64 Å². The van der Waals surface area contributed by atoms with Gasteiger partial charge in [0.25, 0.3) is 0 Å². The van der Waals surface area contributed by atoms with E-state index < -0.39 is 11.6 Å². The Morgan fingerprint density at radius 1 is 1.39 bits per heavy atom. The average molecular weight is 265 g/mol. The number of halogens is 2. The molecule has 0 radical (unpaired) electrons.